The number of carbonyl (C=O) groups is 1. The fourth-order valence-electron chi connectivity index (χ4n) is 1.61. The quantitative estimate of drug-likeness (QED) is 0.789. The van der Waals surface area contributed by atoms with Crippen molar-refractivity contribution in [1.29, 1.82) is 0 Å². The number of amides is 1. The first-order valence-corrected chi connectivity index (χ1v) is 8.22. The first-order valence-electron chi connectivity index (χ1n) is 6.45. The predicted octanol–water partition coefficient (Wildman–Crippen LogP) is 3.93. The number of rotatable bonds is 5. The molecule has 2 N–H and O–H groups in total. The SMILES string of the molecule is C[C@@](O)(CSc1ccc(Br)cc1)C(=O)Nc1ccccc1. The number of hydrogen-bond acceptors (Lipinski definition) is 3. The number of benzene rings is 2. The van der Waals surface area contributed by atoms with Gasteiger partial charge in [0.2, 0.25) is 0 Å². The van der Waals surface area contributed by atoms with Crippen LogP contribution in [0.2, 0.25) is 0 Å². The Labute approximate surface area is 136 Å². The molecule has 0 unspecified atom stereocenters. The Kier molecular flexibility index (Phi) is 5.45. The number of anilines is 1. The van der Waals surface area contributed by atoms with E-state index in [1.807, 2.05) is 42.5 Å². The summed E-state index contributed by atoms with van der Waals surface area (Å²) in [6, 6.07) is 16.9. The van der Waals surface area contributed by atoms with Crippen LogP contribution < -0.4 is 5.32 Å². The Morgan fingerprint density at radius 3 is 2.43 bits per heavy atom. The van der Waals surface area contributed by atoms with E-state index in [1.54, 1.807) is 12.1 Å². The van der Waals surface area contributed by atoms with E-state index in [4.69, 9.17) is 0 Å². The largest absolute Gasteiger partial charge is 0.379 e. The van der Waals surface area contributed by atoms with Crippen molar-refractivity contribution >= 4 is 39.3 Å². The highest BCUT2D eigenvalue weighted by Crippen LogP contribution is 2.25. The zero-order valence-electron chi connectivity index (χ0n) is 11.5. The van der Waals surface area contributed by atoms with Gasteiger partial charge in [0.1, 0.15) is 5.60 Å². The van der Waals surface area contributed by atoms with Crippen LogP contribution in [0, 0.1) is 0 Å². The van der Waals surface area contributed by atoms with Gasteiger partial charge in [0.15, 0.2) is 0 Å². The molecule has 0 saturated heterocycles. The molecule has 0 aliphatic heterocycles. The third-order valence-electron chi connectivity index (χ3n) is 2.85. The van der Waals surface area contributed by atoms with Gasteiger partial charge >= 0.3 is 0 Å². The minimum absolute atomic E-state index is 0.285. The average molecular weight is 366 g/mol. The second-order valence-corrected chi connectivity index (χ2v) is 6.80. The second-order valence-electron chi connectivity index (χ2n) is 4.84. The third kappa shape index (κ3) is 4.88. The predicted molar refractivity (Wildman–Crippen MR) is 90.6 cm³/mol. The summed E-state index contributed by atoms with van der Waals surface area (Å²) in [5, 5.41) is 13.0. The molecule has 2 rings (SSSR count). The number of halogens is 1. The summed E-state index contributed by atoms with van der Waals surface area (Å²) >= 11 is 4.82. The Bertz CT molecular complexity index is 599. The molecule has 5 heteroatoms. The van der Waals surface area contributed by atoms with Gasteiger partial charge in [-0.1, -0.05) is 34.1 Å². The van der Waals surface area contributed by atoms with Gasteiger partial charge in [-0.3, -0.25) is 4.79 Å². The van der Waals surface area contributed by atoms with Crippen LogP contribution in [-0.4, -0.2) is 22.4 Å². The third-order valence-corrected chi connectivity index (χ3v) is 4.69. The molecule has 0 heterocycles. The van der Waals surface area contributed by atoms with E-state index < -0.39 is 11.5 Å². The molecule has 0 fully saturated rings. The Hall–Kier alpha value is -1.30. The molecule has 110 valence electrons. The van der Waals surface area contributed by atoms with Gasteiger partial charge in [-0.2, -0.15) is 0 Å². The molecule has 0 radical (unpaired) electrons. The minimum atomic E-state index is -1.44. The van der Waals surface area contributed by atoms with Gasteiger partial charge in [-0.05, 0) is 43.3 Å². The molecule has 1 atom stereocenters. The molecule has 2 aromatic carbocycles. The smallest absolute Gasteiger partial charge is 0.256 e. The maximum Gasteiger partial charge on any atom is 0.256 e. The molecule has 3 nitrogen and oxygen atoms in total. The molecule has 0 aromatic heterocycles. The molecule has 0 bridgehead atoms. The molecule has 0 aliphatic rings. The van der Waals surface area contributed by atoms with Crippen LogP contribution in [0.3, 0.4) is 0 Å². The van der Waals surface area contributed by atoms with Crippen molar-refractivity contribution in [2.45, 2.75) is 17.4 Å². The highest BCUT2D eigenvalue weighted by molar-refractivity contribution is 9.10. The monoisotopic (exact) mass is 365 g/mol. The maximum absolute atomic E-state index is 12.1. The molecule has 2 aromatic rings. The maximum atomic E-state index is 12.1. The van der Waals surface area contributed by atoms with E-state index in [1.165, 1.54) is 18.7 Å². The van der Waals surface area contributed by atoms with Gasteiger partial charge < -0.3 is 10.4 Å². The normalized spacial score (nSPS) is 13.5. The Morgan fingerprint density at radius 2 is 1.81 bits per heavy atom. The number of aliphatic hydroxyl groups is 1. The van der Waals surface area contributed by atoms with Crippen LogP contribution in [0.15, 0.2) is 64.0 Å². The molecular formula is C16H16BrNO2S. The summed E-state index contributed by atoms with van der Waals surface area (Å²) in [7, 11) is 0. The van der Waals surface area contributed by atoms with Gasteiger partial charge in [0.05, 0.1) is 0 Å². The summed E-state index contributed by atoms with van der Waals surface area (Å²) in [5.74, 6) is -0.119. The van der Waals surface area contributed by atoms with Crippen molar-refractivity contribution in [3.8, 4) is 0 Å². The molecule has 0 spiro atoms. The lowest BCUT2D eigenvalue weighted by molar-refractivity contribution is -0.130. The number of hydrogen-bond donors (Lipinski definition) is 2. The van der Waals surface area contributed by atoms with Crippen LogP contribution in [0.25, 0.3) is 0 Å². The second kappa shape index (κ2) is 7.11. The summed E-state index contributed by atoms with van der Waals surface area (Å²) in [6.07, 6.45) is 0. The molecular weight excluding hydrogens is 350 g/mol. The summed E-state index contributed by atoms with van der Waals surface area (Å²) in [5.41, 5.74) is -0.760. The van der Waals surface area contributed by atoms with Crippen molar-refractivity contribution in [3.63, 3.8) is 0 Å². The standard InChI is InChI=1S/C16H16BrNO2S/c1-16(20,11-21-14-9-7-12(17)8-10-14)15(19)18-13-5-3-2-4-6-13/h2-10,20H,11H2,1H3,(H,18,19)/t16-/m1/s1. The molecule has 21 heavy (non-hydrogen) atoms. The molecule has 0 aliphatic carbocycles. The van der Waals surface area contributed by atoms with Gasteiger partial charge in [-0.25, -0.2) is 0 Å². The summed E-state index contributed by atoms with van der Waals surface area (Å²) in [6.45, 7) is 1.52. The van der Waals surface area contributed by atoms with E-state index in [9.17, 15) is 9.90 Å². The lowest BCUT2D eigenvalue weighted by Gasteiger charge is -2.22. The first-order chi connectivity index (χ1) is 9.97. The molecule has 0 saturated carbocycles. The van der Waals surface area contributed by atoms with Crippen molar-refractivity contribution < 1.29 is 9.90 Å². The van der Waals surface area contributed by atoms with Crippen molar-refractivity contribution in [3.05, 3.63) is 59.1 Å². The zero-order valence-corrected chi connectivity index (χ0v) is 13.9. The van der Waals surface area contributed by atoms with Crippen LogP contribution in [0.5, 0.6) is 0 Å². The Morgan fingerprint density at radius 1 is 1.19 bits per heavy atom. The number of carbonyl (C=O) groups excluding carboxylic acids is 1. The fraction of sp³-hybridized carbons (Fsp3) is 0.188. The topological polar surface area (TPSA) is 49.3 Å². The lowest BCUT2D eigenvalue weighted by Crippen LogP contribution is -2.42. The van der Waals surface area contributed by atoms with E-state index in [0.29, 0.717) is 5.69 Å². The van der Waals surface area contributed by atoms with Crippen molar-refractivity contribution in [2.24, 2.45) is 0 Å². The van der Waals surface area contributed by atoms with E-state index >= 15 is 0 Å². The fourth-order valence-corrected chi connectivity index (χ4v) is 2.78. The lowest BCUT2D eigenvalue weighted by atomic mass is 10.1. The van der Waals surface area contributed by atoms with Crippen LogP contribution in [-0.2, 0) is 4.79 Å². The van der Waals surface area contributed by atoms with Gasteiger partial charge in [0, 0.05) is 20.8 Å². The number of thioether (sulfide) groups is 1. The summed E-state index contributed by atoms with van der Waals surface area (Å²) < 4.78 is 1.00. The van der Waals surface area contributed by atoms with E-state index in [2.05, 4.69) is 21.2 Å². The average Bonchev–Trinajstić information content (AvgIpc) is 2.48. The zero-order chi connectivity index (χ0) is 15.3. The molecule has 1 amide bonds. The highest BCUT2D eigenvalue weighted by atomic mass is 79.9. The van der Waals surface area contributed by atoms with Crippen LogP contribution in [0.4, 0.5) is 5.69 Å². The minimum Gasteiger partial charge on any atom is -0.379 e. The van der Waals surface area contributed by atoms with Crippen molar-refractivity contribution in [2.75, 3.05) is 11.1 Å². The van der Waals surface area contributed by atoms with Gasteiger partial charge in [0.25, 0.3) is 5.91 Å². The number of para-hydroxylation sites is 1. The first kappa shape index (κ1) is 16.1. The number of nitrogens with one attached hydrogen (secondary N) is 1. The van der Waals surface area contributed by atoms with E-state index in [0.717, 1.165) is 9.37 Å². The van der Waals surface area contributed by atoms with Crippen LogP contribution in [0.1, 0.15) is 6.92 Å². The van der Waals surface area contributed by atoms with Crippen LogP contribution >= 0.6 is 27.7 Å². The van der Waals surface area contributed by atoms with Gasteiger partial charge in [-0.15, -0.1) is 11.8 Å². The van der Waals surface area contributed by atoms with Crippen molar-refractivity contribution in [1.82, 2.24) is 0 Å². The highest BCUT2D eigenvalue weighted by Gasteiger charge is 2.30. The van der Waals surface area contributed by atoms with E-state index in [-0.39, 0.29) is 5.75 Å². The summed E-state index contributed by atoms with van der Waals surface area (Å²) in [4.78, 5) is 13.1. The Balaban J connectivity index is 1.94.